The fraction of sp³-hybridized carbons (Fsp3) is 0.438. The first kappa shape index (κ1) is 33.3. The third-order valence-corrected chi connectivity index (χ3v) is 7.95. The maximum absolute atomic E-state index is 13.9. The number of likely N-dealkylation sites (tertiary alicyclic amines) is 2. The number of ketones is 2. The van der Waals surface area contributed by atoms with Gasteiger partial charge in [-0.05, 0) is 68.4 Å². The molecular weight excluding hydrogens is 618 g/mol. The highest BCUT2D eigenvalue weighted by Gasteiger charge is 2.37. The lowest BCUT2D eigenvalue weighted by Gasteiger charge is -2.19. The number of ether oxygens (including phenoxy) is 2. The first-order valence-electron chi connectivity index (χ1n) is 14.6. The molecule has 0 bridgehead atoms. The number of nitrogens with zero attached hydrogens (tertiary/aromatic N) is 4. The molecule has 246 valence electrons. The first-order valence-corrected chi connectivity index (χ1v) is 14.6. The molecule has 0 spiro atoms. The highest BCUT2D eigenvalue weighted by Crippen LogP contribution is 2.39. The van der Waals surface area contributed by atoms with Gasteiger partial charge in [-0.2, -0.15) is 26.3 Å². The van der Waals surface area contributed by atoms with Crippen LogP contribution in [0.4, 0.5) is 26.3 Å². The van der Waals surface area contributed by atoms with Gasteiger partial charge in [0.2, 0.25) is 0 Å². The first-order chi connectivity index (χ1) is 21.7. The van der Waals surface area contributed by atoms with Gasteiger partial charge >= 0.3 is 12.4 Å². The molecule has 0 aliphatic carbocycles. The summed E-state index contributed by atoms with van der Waals surface area (Å²) >= 11 is 0. The van der Waals surface area contributed by atoms with Crippen LogP contribution in [-0.4, -0.2) is 83.8 Å². The lowest BCUT2D eigenvalue weighted by atomic mass is 10.0. The van der Waals surface area contributed by atoms with Crippen LogP contribution >= 0.6 is 0 Å². The zero-order chi connectivity index (χ0) is 33.2. The van der Waals surface area contributed by atoms with Crippen LogP contribution in [0.25, 0.3) is 0 Å². The molecule has 0 radical (unpaired) electrons. The molecule has 2 atom stereocenters. The maximum atomic E-state index is 13.9. The predicted octanol–water partition coefficient (Wildman–Crippen LogP) is 5.53. The number of hydrogen-bond acceptors (Lipinski definition) is 8. The molecule has 2 aliphatic heterocycles. The lowest BCUT2D eigenvalue weighted by Crippen LogP contribution is -2.23. The van der Waals surface area contributed by atoms with Crippen molar-refractivity contribution < 1.29 is 45.4 Å². The Bertz CT molecular complexity index is 1480. The number of rotatable bonds is 10. The Morgan fingerprint density at radius 3 is 1.48 bits per heavy atom. The van der Waals surface area contributed by atoms with Crippen molar-refractivity contribution in [1.82, 2.24) is 19.8 Å². The van der Waals surface area contributed by atoms with E-state index in [1.165, 1.54) is 24.3 Å². The molecule has 1 aromatic heterocycles. The van der Waals surface area contributed by atoms with Gasteiger partial charge in [0.05, 0.1) is 11.1 Å². The van der Waals surface area contributed by atoms with E-state index < -0.39 is 47.9 Å². The highest BCUT2D eigenvalue weighted by atomic mass is 19.4. The van der Waals surface area contributed by atoms with Crippen LogP contribution in [0.15, 0.2) is 48.8 Å². The summed E-state index contributed by atoms with van der Waals surface area (Å²) in [5.41, 5.74) is -2.32. The molecule has 2 aromatic carbocycles. The number of carbonyl (C=O) groups excluding carboxylic acids is 2. The van der Waals surface area contributed by atoms with Crippen LogP contribution in [0.3, 0.4) is 0 Å². The minimum atomic E-state index is -4.73. The summed E-state index contributed by atoms with van der Waals surface area (Å²) < 4.78 is 94.5. The summed E-state index contributed by atoms with van der Waals surface area (Å²) in [6.07, 6.45) is -9.00. The van der Waals surface area contributed by atoms with Gasteiger partial charge < -0.3 is 19.3 Å². The average Bonchev–Trinajstić information content (AvgIpc) is 3.60. The molecule has 0 saturated carbocycles. The van der Waals surface area contributed by atoms with Crippen molar-refractivity contribution in [3.05, 3.63) is 82.4 Å². The van der Waals surface area contributed by atoms with Crippen LogP contribution in [0.2, 0.25) is 0 Å². The second-order valence-electron chi connectivity index (χ2n) is 11.7. The monoisotopic (exact) mass is 650 g/mol. The second kappa shape index (κ2) is 13.4. The minimum absolute atomic E-state index is 0.0611. The van der Waals surface area contributed by atoms with Gasteiger partial charge in [0.25, 0.3) is 0 Å². The van der Waals surface area contributed by atoms with Gasteiger partial charge in [0.1, 0.15) is 41.4 Å². The second-order valence-corrected chi connectivity index (χ2v) is 11.7. The topological polar surface area (TPSA) is 84.9 Å². The maximum Gasteiger partial charge on any atom is 0.419 e. The van der Waals surface area contributed by atoms with Crippen LogP contribution in [0.5, 0.6) is 11.5 Å². The van der Waals surface area contributed by atoms with Crippen molar-refractivity contribution in [2.24, 2.45) is 0 Å². The third kappa shape index (κ3) is 8.21. The summed E-state index contributed by atoms with van der Waals surface area (Å²) in [5, 5.41) is 0. The van der Waals surface area contributed by atoms with Gasteiger partial charge in [-0.25, -0.2) is 9.97 Å². The molecule has 0 N–H and O–H groups in total. The Hall–Kier alpha value is -4.04. The van der Waals surface area contributed by atoms with Crippen molar-refractivity contribution in [3.8, 4) is 11.5 Å². The van der Waals surface area contributed by atoms with E-state index in [-0.39, 0.29) is 46.2 Å². The molecule has 3 aromatic rings. The minimum Gasteiger partial charge on any atom is -0.488 e. The van der Waals surface area contributed by atoms with Crippen LogP contribution in [0.1, 0.15) is 56.1 Å². The summed E-state index contributed by atoms with van der Waals surface area (Å²) in [7, 11) is 3.70. The van der Waals surface area contributed by atoms with E-state index in [1.54, 1.807) is 0 Å². The summed E-state index contributed by atoms with van der Waals surface area (Å²) in [4.78, 5) is 37.6. The van der Waals surface area contributed by atoms with Crippen molar-refractivity contribution in [2.75, 3.05) is 40.3 Å². The molecule has 3 heterocycles. The number of aromatic nitrogens is 2. The van der Waals surface area contributed by atoms with E-state index in [4.69, 9.17) is 9.47 Å². The number of likely N-dealkylation sites (N-methyl/N-ethyl adjacent to an activating group) is 2. The normalized spacial score (nSPS) is 19.4. The number of hydrogen-bond donors (Lipinski definition) is 0. The summed E-state index contributed by atoms with van der Waals surface area (Å²) in [6, 6.07) is 7.91. The van der Waals surface area contributed by atoms with Crippen molar-refractivity contribution in [1.29, 1.82) is 0 Å². The van der Waals surface area contributed by atoms with Crippen molar-refractivity contribution in [3.63, 3.8) is 0 Å². The summed E-state index contributed by atoms with van der Waals surface area (Å²) in [5.74, 6) is -1.99. The Kier molecular flexibility index (Phi) is 9.68. The third-order valence-electron chi connectivity index (χ3n) is 7.95. The van der Waals surface area contributed by atoms with E-state index >= 15 is 0 Å². The smallest absolute Gasteiger partial charge is 0.419 e. The number of benzene rings is 2. The van der Waals surface area contributed by atoms with Crippen LogP contribution < -0.4 is 9.47 Å². The number of carbonyl (C=O) groups is 2. The molecule has 2 fully saturated rings. The zero-order valence-corrected chi connectivity index (χ0v) is 25.1. The zero-order valence-electron chi connectivity index (χ0n) is 25.1. The molecule has 46 heavy (non-hydrogen) atoms. The van der Waals surface area contributed by atoms with E-state index in [0.717, 1.165) is 24.5 Å². The Balaban J connectivity index is 1.28. The van der Waals surface area contributed by atoms with Crippen LogP contribution in [-0.2, 0) is 25.2 Å². The molecule has 0 amide bonds. The molecule has 0 unspecified atom stereocenters. The standard InChI is InChI=1S/C32H32F6N4O4/c1-41-9-7-21(16-41)45-29-5-3-19(11-23(29)31(33,34)35)13-27(43)25-15-26(40-18-39-25)28(44)14-20-4-6-30(24(12-20)32(36,37)38)46-22-8-10-42(2)17-22/h3-6,11-12,15,18,21-22H,7-10,13-14,16-17H2,1-2H3/t21-,22-/m1/s1. The quantitative estimate of drug-likeness (QED) is 0.209. The molecule has 8 nitrogen and oxygen atoms in total. The predicted molar refractivity (Wildman–Crippen MR) is 154 cm³/mol. The van der Waals surface area contributed by atoms with Gasteiger partial charge in [-0.15, -0.1) is 0 Å². The van der Waals surface area contributed by atoms with Gasteiger partial charge in [0, 0.05) is 39.0 Å². The van der Waals surface area contributed by atoms with Crippen molar-refractivity contribution in [2.45, 2.75) is 50.2 Å². The van der Waals surface area contributed by atoms with Crippen LogP contribution in [0, 0.1) is 0 Å². The van der Waals surface area contributed by atoms with E-state index in [9.17, 15) is 35.9 Å². The molecule has 2 saturated heterocycles. The van der Waals surface area contributed by atoms with Gasteiger partial charge in [0.15, 0.2) is 11.6 Å². The molecule has 14 heteroatoms. The average molecular weight is 651 g/mol. The van der Waals surface area contributed by atoms with Gasteiger partial charge in [-0.3, -0.25) is 9.59 Å². The summed E-state index contributed by atoms with van der Waals surface area (Å²) in [6.45, 7) is 2.40. The number of halogens is 6. The Labute approximate surface area is 261 Å². The molecule has 2 aliphatic rings. The fourth-order valence-electron chi connectivity index (χ4n) is 5.58. The van der Waals surface area contributed by atoms with Crippen molar-refractivity contribution >= 4 is 11.6 Å². The Morgan fingerprint density at radius 2 is 1.13 bits per heavy atom. The SMILES string of the molecule is CN1CC[C@@H](Oc2ccc(CC(=O)c3cc(C(=O)Cc4ccc(O[C@@H]5CCN(C)C5)c(C(F)(F)F)c4)ncn3)cc2C(F)(F)F)C1. The largest absolute Gasteiger partial charge is 0.488 e. The Morgan fingerprint density at radius 1 is 0.717 bits per heavy atom. The van der Waals surface area contributed by atoms with E-state index in [1.807, 2.05) is 23.9 Å². The fourth-order valence-corrected chi connectivity index (χ4v) is 5.58. The number of Topliss-reactive ketones (excluding diaryl/α,β-unsaturated/α-hetero) is 2. The van der Waals surface area contributed by atoms with E-state index in [0.29, 0.717) is 39.0 Å². The van der Waals surface area contributed by atoms with E-state index in [2.05, 4.69) is 9.97 Å². The lowest BCUT2D eigenvalue weighted by molar-refractivity contribution is -0.140. The van der Waals surface area contributed by atoms with Gasteiger partial charge in [-0.1, -0.05) is 12.1 Å². The molecular formula is C32H32F6N4O4. The highest BCUT2D eigenvalue weighted by molar-refractivity contribution is 6.00. The molecule has 5 rings (SSSR count). The number of alkyl halides is 6.